The Bertz CT molecular complexity index is 1520. The standard InChI is InChI=1S/C30H33Cl2N3O6S/c1-3-13-33-30(37)26(16-21-7-5-4-6-8-21)34(19-22-9-10-23(31)17-25(22)32)29(36)20-35(42(2,38)39)24-11-12-27-28(18-24)41-15-14-40-27/h4-12,17-18,26H,3,13-16,19-20H2,1-2H3,(H,33,37)/t26-/m1/s1. The highest BCUT2D eigenvalue weighted by Gasteiger charge is 2.33. The first kappa shape index (κ1) is 31.5. The van der Waals surface area contributed by atoms with Crippen molar-refractivity contribution in [1.82, 2.24) is 10.2 Å². The summed E-state index contributed by atoms with van der Waals surface area (Å²) in [5.74, 6) is -0.0804. The average molecular weight is 635 g/mol. The van der Waals surface area contributed by atoms with Gasteiger partial charge in [0.05, 0.1) is 11.9 Å². The van der Waals surface area contributed by atoms with Gasteiger partial charge >= 0.3 is 0 Å². The van der Waals surface area contributed by atoms with Crippen LogP contribution in [0.25, 0.3) is 0 Å². The highest BCUT2D eigenvalue weighted by atomic mass is 35.5. The van der Waals surface area contributed by atoms with Crippen LogP contribution in [0.4, 0.5) is 5.69 Å². The summed E-state index contributed by atoms with van der Waals surface area (Å²) in [6, 6.07) is 17.9. The van der Waals surface area contributed by atoms with Gasteiger partial charge < -0.3 is 19.7 Å². The Morgan fingerprint density at radius 3 is 2.36 bits per heavy atom. The number of benzene rings is 3. The summed E-state index contributed by atoms with van der Waals surface area (Å²) in [5.41, 5.74) is 1.62. The first-order valence-corrected chi connectivity index (χ1v) is 16.1. The molecule has 0 aliphatic carbocycles. The van der Waals surface area contributed by atoms with E-state index in [1.54, 1.807) is 30.3 Å². The fourth-order valence-electron chi connectivity index (χ4n) is 4.55. The van der Waals surface area contributed by atoms with E-state index in [9.17, 15) is 18.0 Å². The second-order valence-electron chi connectivity index (χ2n) is 9.85. The van der Waals surface area contributed by atoms with Crippen LogP contribution in [0.1, 0.15) is 24.5 Å². The van der Waals surface area contributed by atoms with Gasteiger partial charge in [0.1, 0.15) is 25.8 Å². The summed E-state index contributed by atoms with van der Waals surface area (Å²) in [5, 5.41) is 3.64. The molecule has 0 radical (unpaired) electrons. The minimum absolute atomic E-state index is 0.0510. The molecule has 3 aromatic carbocycles. The largest absolute Gasteiger partial charge is 0.486 e. The lowest BCUT2D eigenvalue weighted by molar-refractivity contribution is -0.140. The molecular formula is C30H33Cl2N3O6S. The number of rotatable bonds is 12. The van der Waals surface area contributed by atoms with Crippen molar-refractivity contribution in [2.75, 3.05) is 36.9 Å². The molecule has 1 aliphatic rings. The zero-order chi connectivity index (χ0) is 30.3. The number of hydrogen-bond acceptors (Lipinski definition) is 6. The Hall–Kier alpha value is -3.47. The lowest BCUT2D eigenvalue weighted by Gasteiger charge is -2.34. The maximum absolute atomic E-state index is 14.2. The third kappa shape index (κ3) is 8.08. The molecule has 1 N–H and O–H groups in total. The SMILES string of the molecule is CCCNC(=O)[C@@H](Cc1ccccc1)N(Cc1ccc(Cl)cc1Cl)C(=O)CN(c1ccc2c(c1)OCCO2)S(C)(=O)=O. The number of anilines is 1. The highest BCUT2D eigenvalue weighted by Crippen LogP contribution is 2.35. The van der Waals surface area contributed by atoms with E-state index in [-0.39, 0.29) is 24.6 Å². The van der Waals surface area contributed by atoms with Crippen LogP contribution in [0, 0.1) is 0 Å². The molecule has 0 aromatic heterocycles. The summed E-state index contributed by atoms with van der Waals surface area (Å²) in [6.07, 6.45) is 1.93. The maximum Gasteiger partial charge on any atom is 0.244 e. The van der Waals surface area contributed by atoms with Gasteiger partial charge in [-0.2, -0.15) is 0 Å². The smallest absolute Gasteiger partial charge is 0.244 e. The zero-order valence-corrected chi connectivity index (χ0v) is 25.7. The summed E-state index contributed by atoms with van der Waals surface area (Å²) in [7, 11) is -3.93. The number of halogens is 2. The first-order valence-electron chi connectivity index (χ1n) is 13.5. The van der Waals surface area contributed by atoms with Gasteiger partial charge in [0.15, 0.2) is 11.5 Å². The predicted molar refractivity (Wildman–Crippen MR) is 164 cm³/mol. The summed E-state index contributed by atoms with van der Waals surface area (Å²) in [6.45, 7) is 2.44. The fraction of sp³-hybridized carbons (Fsp3) is 0.333. The van der Waals surface area contributed by atoms with E-state index in [1.807, 2.05) is 37.3 Å². The van der Waals surface area contributed by atoms with E-state index >= 15 is 0 Å². The van der Waals surface area contributed by atoms with Gasteiger partial charge in [-0.25, -0.2) is 8.42 Å². The number of amides is 2. The van der Waals surface area contributed by atoms with Crippen LogP contribution in [0.5, 0.6) is 11.5 Å². The first-order chi connectivity index (χ1) is 20.1. The Labute approximate surface area is 256 Å². The van der Waals surface area contributed by atoms with Crippen molar-refractivity contribution in [2.24, 2.45) is 0 Å². The molecule has 1 aliphatic heterocycles. The summed E-state index contributed by atoms with van der Waals surface area (Å²) in [4.78, 5) is 29.1. The fourth-order valence-corrected chi connectivity index (χ4v) is 5.86. The van der Waals surface area contributed by atoms with Crippen molar-refractivity contribution in [3.05, 3.63) is 87.9 Å². The second kappa shape index (κ2) is 14.1. The zero-order valence-electron chi connectivity index (χ0n) is 23.4. The minimum atomic E-state index is -3.93. The number of carbonyl (C=O) groups excluding carboxylic acids is 2. The predicted octanol–water partition coefficient (Wildman–Crippen LogP) is 4.70. The quantitative estimate of drug-likeness (QED) is 0.310. The molecule has 42 heavy (non-hydrogen) atoms. The van der Waals surface area contributed by atoms with Gasteiger partial charge in [-0.15, -0.1) is 0 Å². The van der Waals surface area contributed by atoms with E-state index in [2.05, 4.69) is 5.32 Å². The van der Waals surface area contributed by atoms with Crippen molar-refractivity contribution in [3.8, 4) is 11.5 Å². The lowest BCUT2D eigenvalue weighted by atomic mass is 10.0. The van der Waals surface area contributed by atoms with Crippen molar-refractivity contribution in [3.63, 3.8) is 0 Å². The molecule has 1 atom stereocenters. The molecule has 224 valence electrons. The molecule has 0 fully saturated rings. The molecule has 9 nitrogen and oxygen atoms in total. The van der Waals surface area contributed by atoms with Gasteiger partial charge in [-0.1, -0.05) is 66.5 Å². The van der Waals surface area contributed by atoms with Crippen molar-refractivity contribution in [1.29, 1.82) is 0 Å². The van der Waals surface area contributed by atoms with Crippen molar-refractivity contribution < 1.29 is 27.5 Å². The molecule has 4 rings (SSSR count). The van der Waals surface area contributed by atoms with Crippen LogP contribution in [-0.4, -0.2) is 63.7 Å². The van der Waals surface area contributed by atoms with E-state index in [4.69, 9.17) is 32.7 Å². The molecular weight excluding hydrogens is 601 g/mol. The molecule has 0 spiro atoms. The topological polar surface area (TPSA) is 105 Å². The molecule has 12 heteroatoms. The maximum atomic E-state index is 14.2. The van der Waals surface area contributed by atoms with Crippen LogP contribution >= 0.6 is 23.2 Å². The monoisotopic (exact) mass is 633 g/mol. The number of hydrogen-bond donors (Lipinski definition) is 1. The molecule has 1 heterocycles. The summed E-state index contributed by atoms with van der Waals surface area (Å²) < 4.78 is 38.2. The van der Waals surface area contributed by atoms with Crippen molar-refractivity contribution >= 4 is 50.7 Å². The lowest BCUT2D eigenvalue weighted by Crippen LogP contribution is -2.53. The normalized spacial score (nSPS) is 13.2. The van der Waals surface area contributed by atoms with Crippen LogP contribution in [0.2, 0.25) is 10.0 Å². The highest BCUT2D eigenvalue weighted by molar-refractivity contribution is 7.92. The third-order valence-corrected chi connectivity index (χ3v) is 8.40. The number of fused-ring (bicyclic) bond motifs is 1. The number of nitrogens with one attached hydrogen (secondary N) is 1. The van der Waals surface area contributed by atoms with Crippen LogP contribution in [-0.2, 0) is 32.6 Å². The van der Waals surface area contributed by atoms with Gasteiger partial charge in [0.25, 0.3) is 0 Å². The Morgan fingerprint density at radius 2 is 1.69 bits per heavy atom. The minimum Gasteiger partial charge on any atom is -0.486 e. The van der Waals surface area contributed by atoms with E-state index in [1.165, 1.54) is 11.0 Å². The second-order valence-corrected chi connectivity index (χ2v) is 12.6. The Balaban J connectivity index is 1.74. The molecule has 2 amide bonds. The van der Waals surface area contributed by atoms with Crippen LogP contribution in [0.3, 0.4) is 0 Å². The molecule has 0 unspecified atom stereocenters. The molecule has 0 bridgehead atoms. The number of nitrogens with zero attached hydrogens (tertiary/aromatic N) is 2. The molecule has 3 aromatic rings. The Kier molecular flexibility index (Phi) is 10.6. The van der Waals surface area contributed by atoms with Crippen LogP contribution in [0.15, 0.2) is 66.7 Å². The Morgan fingerprint density at radius 1 is 0.976 bits per heavy atom. The van der Waals surface area contributed by atoms with E-state index in [0.29, 0.717) is 53.3 Å². The third-order valence-electron chi connectivity index (χ3n) is 6.67. The van der Waals surface area contributed by atoms with Gasteiger partial charge in [-0.3, -0.25) is 13.9 Å². The number of ether oxygens (including phenoxy) is 2. The van der Waals surface area contributed by atoms with E-state index in [0.717, 1.165) is 16.1 Å². The van der Waals surface area contributed by atoms with E-state index < -0.39 is 28.5 Å². The van der Waals surface area contributed by atoms with Crippen LogP contribution < -0.4 is 19.1 Å². The van der Waals surface area contributed by atoms with Gasteiger partial charge in [0.2, 0.25) is 21.8 Å². The average Bonchev–Trinajstić information content (AvgIpc) is 2.97. The van der Waals surface area contributed by atoms with Crippen molar-refractivity contribution in [2.45, 2.75) is 32.4 Å². The molecule has 0 saturated heterocycles. The number of carbonyl (C=O) groups is 2. The van der Waals surface area contributed by atoms with Gasteiger partial charge in [-0.05, 0) is 41.8 Å². The van der Waals surface area contributed by atoms with Gasteiger partial charge in [0, 0.05) is 35.6 Å². The summed E-state index contributed by atoms with van der Waals surface area (Å²) >= 11 is 12.6. The number of sulfonamides is 1. The molecule has 0 saturated carbocycles.